The van der Waals surface area contributed by atoms with E-state index in [-0.39, 0.29) is 28.8 Å². The van der Waals surface area contributed by atoms with Gasteiger partial charge in [-0.1, -0.05) is 39.8 Å². The minimum Gasteiger partial charge on any atom is -0.462 e. The van der Waals surface area contributed by atoms with Crippen LogP contribution in [0.1, 0.15) is 66.7 Å². The average molecular weight is 363 g/mol. The van der Waals surface area contributed by atoms with Gasteiger partial charge in [0.1, 0.15) is 6.10 Å². The first-order chi connectivity index (χ1) is 11.9. The van der Waals surface area contributed by atoms with Gasteiger partial charge in [0, 0.05) is 30.1 Å². The van der Waals surface area contributed by atoms with Gasteiger partial charge in [0.25, 0.3) is 0 Å². The van der Waals surface area contributed by atoms with E-state index in [1.54, 1.807) is 0 Å². The summed E-state index contributed by atoms with van der Waals surface area (Å²) >= 11 is 0. The van der Waals surface area contributed by atoms with Crippen LogP contribution in [-0.2, 0) is 9.53 Å². The number of aliphatic hydroxyl groups excluding tert-OH is 1. The second-order valence-electron chi connectivity index (χ2n) is 9.90. The van der Waals surface area contributed by atoms with Crippen LogP contribution >= 0.6 is 0 Å². The summed E-state index contributed by atoms with van der Waals surface area (Å²) in [5.74, 6) is -0.403. The van der Waals surface area contributed by atoms with E-state index < -0.39 is 17.1 Å². The van der Waals surface area contributed by atoms with E-state index in [1.807, 2.05) is 13.0 Å². The maximum atomic E-state index is 11.9. The van der Waals surface area contributed by atoms with Gasteiger partial charge in [0.05, 0.1) is 11.7 Å². The molecule has 0 aromatic carbocycles. The molecule has 4 nitrogen and oxygen atoms in total. The molecule has 3 aliphatic rings. The molecule has 0 spiro atoms. The predicted octanol–water partition coefficient (Wildman–Crippen LogP) is 3.77. The summed E-state index contributed by atoms with van der Waals surface area (Å²) in [4.78, 5) is 11.8. The number of carbonyl (C=O) groups is 1. The van der Waals surface area contributed by atoms with Crippen LogP contribution in [0.25, 0.3) is 0 Å². The van der Waals surface area contributed by atoms with Crippen LogP contribution in [0.5, 0.6) is 0 Å². The molecule has 0 aromatic heterocycles. The molecule has 0 heterocycles. The lowest BCUT2D eigenvalue weighted by molar-refractivity contribution is -0.245. The summed E-state index contributed by atoms with van der Waals surface area (Å²) in [5, 5.41) is 23.0. The molecule has 4 heteroatoms. The monoisotopic (exact) mass is 362 g/mol. The number of aliphatic hydroxyl groups is 2. The topological polar surface area (TPSA) is 66.8 Å². The Bertz CT molecular complexity index is 651. The van der Waals surface area contributed by atoms with Crippen LogP contribution in [0, 0.1) is 22.2 Å². The van der Waals surface area contributed by atoms with Gasteiger partial charge in [-0.05, 0) is 36.7 Å². The molecule has 146 valence electrons. The lowest BCUT2D eigenvalue weighted by Gasteiger charge is -2.66. The Morgan fingerprint density at radius 3 is 2.50 bits per heavy atom. The Morgan fingerprint density at radius 1 is 1.27 bits per heavy atom. The fourth-order valence-corrected chi connectivity index (χ4v) is 6.27. The van der Waals surface area contributed by atoms with Crippen LogP contribution in [0.2, 0.25) is 0 Å². The van der Waals surface area contributed by atoms with Gasteiger partial charge in [-0.15, -0.1) is 6.58 Å². The first-order valence-corrected chi connectivity index (χ1v) is 9.83. The molecule has 3 rings (SSSR count). The largest absolute Gasteiger partial charge is 0.462 e. The average Bonchev–Trinajstić information content (AvgIpc) is 2.53. The maximum Gasteiger partial charge on any atom is 0.302 e. The Hall–Kier alpha value is -1.13. The van der Waals surface area contributed by atoms with E-state index in [0.717, 1.165) is 18.4 Å². The van der Waals surface area contributed by atoms with Crippen molar-refractivity contribution >= 4 is 5.97 Å². The number of esters is 1. The third kappa shape index (κ3) is 2.60. The SMILES string of the molecule is C=C[C@]1(C)C=C2C[C@@H](OC(C)=O)[C@H]3C(C)(C)CC[C@H](O)[C@]3(C)[C@@]2(O)CC1. The van der Waals surface area contributed by atoms with Crippen LogP contribution < -0.4 is 0 Å². The molecule has 0 unspecified atom stereocenters. The smallest absolute Gasteiger partial charge is 0.302 e. The molecule has 6 atom stereocenters. The van der Waals surface area contributed by atoms with Crippen LogP contribution in [0.15, 0.2) is 24.3 Å². The van der Waals surface area contributed by atoms with Crippen LogP contribution in [0.4, 0.5) is 0 Å². The van der Waals surface area contributed by atoms with Crippen LogP contribution in [-0.4, -0.2) is 34.0 Å². The van der Waals surface area contributed by atoms with Crippen molar-refractivity contribution in [2.75, 3.05) is 0 Å². The van der Waals surface area contributed by atoms with E-state index in [4.69, 9.17) is 4.74 Å². The van der Waals surface area contributed by atoms with E-state index in [2.05, 4.69) is 33.4 Å². The van der Waals surface area contributed by atoms with E-state index in [0.29, 0.717) is 19.3 Å². The lowest BCUT2D eigenvalue weighted by Crippen LogP contribution is -2.70. The number of rotatable bonds is 2. The third-order valence-corrected chi connectivity index (χ3v) is 7.77. The lowest BCUT2D eigenvalue weighted by atomic mass is 9.42. The molecule has 3 aliphatic carbocycles. The summed E-state index contributed by atoms with van der Waals surface area (Å²) in [5.41, 5.74) is -1.24. The van der Waals surface area contributed by atoms with Crippen molar-refractivity contribution in [2.45, 2.75) is 84.5 Å². The van der Waals surface area contributed by atoms with Gasteiger partial charge in [0.15, 0.2) is 0 Å². The van der Waals surface area contributed by atoms with Crippen LogP contribution in [0.3, 0.4) is 0 Å². The fourth-order valence-electron chi connectivity index (χ4n) is 6.27. The van der Waals surface area contributed by atoms with Crippen molar-refractivity contribution < 1.29 is 19.7 Å². The summed E-state index contributed by atoms with van der Waals surface area (Å²) in [6, 6.07) is 0. The highest BCUT2D eigenvalue weighted by Crippen LogP contribution is 2.66. The van der Waals surface area contributed by atoms with Gasteiger partial charge in [-0.2, -0.15) is 0 Å². The Kier molecular flexibility index (Phi) is 4.48. The molecular weight excluding hydrogens is 328 g/mol. The molecule has 2 N–H and O–H groups in total. The Morgan fingerprint density at radius 2 is 1.92 bits per heavy atom. The van der Waals surface area contributed by atoms with Gasteiger partial charge in [0.2, 0.25) is 0 Å². The number of hydrogen-bond donors (Lipinski definition) is 2. The molecule has 0 bridgehead atoms. The number of hydrogen-bond acceptors (Lipinski definition) is 4. The zero-order chi connectivity index (χ0) is 19.5. The maximum absolute atomic E-state index is 11.9. The molecular formula is C22H34O4. The summed E-state index contributed by atoms with van der Waals surface area (Å²) in [6.45, 7) is 13.9. The molecule has 0 saturated heterocycles. The molecule has 2 fully saturated rings. The molecule has 0 aromatic rings. The van der Waals surface area contributed by atoms with Crippen molar-refractivity contribution in [2.24, 2.45) is 22.2 Å². The molecule has 0 amide bonds. The Balaban J connectivity index is 2.19. The second kappa shape index (κ2) is 5.93. The van der Waals surface area contributed by atoms with Gasteiger partial charge in [-0.3, -0.25) is 4.79 Å². The van der Waals surface area contributed by atoms with Gasteiger partial charge < -0.3 is 14.9 Å². The highest BCUT2D eigenvalue weighted by Gasteiger charge is 2.68. The van der Waals surface area contributed by atoms with Crippen molar-refractivity contribution in [3.8, 4) is 0 Å². The highest BCUT2D eigenvalue weighted by molar-refractivity contribution is 5.66. The first-order valence-electron chi connectivity index (χ1n) is 9.83. The number of carbonyl (C=O) groups excluding carboxylic acids is 1. The van der Waals surface area contributed by atoms with Crippen molar-refractivity contribution in [1.29, 1.82) is 0 Å². The normalized spacial score (nSPS) is 47.2. The zero-order valence-electron chi connectivity index (χ0n) is 16.8. The van der Waals surface area contributed by atoms with Crippen molar-refractivity contribution in [1.82, 2.24) is 0 Å². The van der Waals surface area contributed by atoms with E-state index in [9.17, 15) is 15.0 Å². The number of fused-ring (bicyclic) bond motifs is 3. The van der Waals surface area contributed by atoms with Crippen molar-refractivity contribution in [3.63, 3.8) is 0 Å². The molecule has 2 saturated carbocycles. The van der Waals surface area contributed by atoms with E-state index >= 15 is 0 Å². The van der Waals surface area contributed by atoms with Crippen molar-refractivity contribution in [3.05, 3.63) is 24.3 Å². The molecule has 26 heavy (non-hydrogen) atoms. The molecule has 0 radical (unpaired) electrons. The minimum absolute atomic E-state index is 0.0992. The Labute approximate surface area is 157 Å². The minimum atomic E-state index is -1.08. The highest BCUT2D eigenvalue weighted by atomic mass is 16.5. The van der Waals surface area contributed by atoms with Gasteiger partial charge in [-0.25, -0.2) is 0 Å². The fraction of sp³-hybridized carbons (Fsp3) is 0.773. The van der Waals surface area contributed by atoms with Gasteiger partial charge >= 0.3 is 5.97 Å². The second-order valence-corrected chi connectivity index (χ2v) is 9.90. The third-order valence-electron chi connectivity index (χ3n) is 7.77. The quantitative estimate of drug-likeness (QED) is 0.580. The summed E-state index contributed by atoms with van der Waals surface area (Å²) < 4.78 is 5.78. The molecule has 0 aliphatic heterocycles. The summed E-state index contributed by atoms with van der Waals surface area (Å²) in [7, 11) is 0. The predicted molar refractivity (Wildman–Crippen MR) is 101 cm³/mol. The van der Waals surface area contributed by atoms with E-state index in [1.165, 1.54) is 6.92 Å². The summed E-state index contributed by atoms with van der Waals surface area (Å²) in [6.07, 6.45) is 6.49. The number of ether oxygens (including phenoxy) is 1. The number of allylic oxidation sites excluding steroid dienone is 2. The zero-order valence-corrected chi connectivity index (χ0v) is 16.8. The standard InChI is InChI=1S/C22H34O4/c1-7-20(5)10-11-22(25)15(13-20)12-16(26-14(2)23)18-19(3,4)9-8-17(24)21(18,22)6/h7,13,16-18,24-25H,1,8-12H2,2-6H3/t16-,17+,18+,20+,21+,22-/m1/s1. The first kappa shape index (κ1) is 19.6.